The summed E-state index contributed by atoms with van der Waals surface area (Å²) >= 11 is 0. The van der Waals surface area contributed by atoms with E-state index in [0.717, 1.165) is 16.9 Å². The number of amides is 1. The average molecular weight is 381 g/mol. The highest BCUT2D eigenvalue weighted by Gasteiger charge is 2.55. The number of para-hydroxylation sites is 1. The molecule has 5 heteroatoms. The first kappa shape index (κ1) is 19.0. The Morgan fingerprint density at radius 2 is 1.64 bits per heavy atom. The number of nitrogens with zero attached hydrogens (tertiary/aromatic N) is 1. The number of ether oxygens (including phenoxy) is 1. The molecule has 1 spiro atoms. The quantitative estimate of drug-likeness (QED) is 0.835. The highest BCUT2D eigenvalue weighted by atomic mass is 16.5. The largest absolute Gasteiger partial charge is 0.489 e. The lowest BCUT2D eigenvalue weighted by molar-refractivity contribution is -0.191. The first-order valence-electron chi connectivity index (χ1n) is 9.97. The van der Waals surface area contributed by atoms with Crippen LogP contribution in [0.1, 0.15) is 30.4 Å². The molecule has 2 aliphatic rings. The summed E-state index contributed by atoms with van der Waals surface area (Å²) in [6.07, 6.45) is 1.20. The van der Waals surface area contributed by atoms with Crippen molar-refractivity contribution < 1.29 is 19.7 Å². The van der Waals surface area contributed by atoms with Gasteiger partial charge in [0.15, 0.2) is 0 Å². The minimum absolute atomic E-state index is 0.0638. The number of piperidine rings is 1. The van der Waals surface area contributed by atoms with Gasteiger partial charge in [0.1, 0.15) is 12.4 Å². The molecule has 1 aliphatic carbocycles. The van der Waals surface area contributed by atoms with E-state index in [0.29, 0.717) is 45.4 Å². The van der Waals surface area contributed by atoms with Crippen molar-refractivity contribution in [2.45, 2.75) is 44.5 Å². The second kappa shape index (κ2) is 7.94. The van der Waals surface area contributed by atoms with Crippen molar-refractivity contribution in [1.29, 1.82) is 0 Å². The Balaban J connectivity index is 1.36. The van der Waals surface area contributed by atoms with Gasteiger partial charge in [-0.05, 0) is 24.5 Å². The number of likely N-dealkylation sites (tertiary alicyclic amines) is 1. The maximum Gasteiger partial charge on any atom is 0.227 e. The zero-order valence-electron chi connectivity index (χ0n) is 16.0. The third kappa shape index (κ3) is 3.64. The second-order valence-corrected chi connectivity index (χ2v) is 7.94. The van der Waals surface area contributed by atoms with Gasteiger partial charge in [0, 0.05) is 30.5 Å². The number of aliphatic hydroxyl groups excluding tert-OH is 2. The highest BCUT2D eigenvalue weighted by Crippen LogP contribution is 2.49. The fourth-order valence-electron chi connectivity index (χ4n) is 4.38. The monoisotopic (exact) mass is 381 g/mol. The summed E-state index contributed by atoms with van der Waals surface area (Å²) in [5.74, 6) is 0.798. The number of carbonyl (C=O) groups is 1. The smallest absolute Gasteiger partial charge is 0.227 e. The number of carbonyl (C=O) groups excluding carboxylic acids is 1. The van der Waals surface area contributed by atoms with Gasteiger partial charge in [0.2, 0.25) is 5.91 Å². The van der Waals surface area contributed by atoms with Gasteiger partial charge in [-0.2, -0.15) is 0 Å². The van der Waals surface area contributed by atoms with Gasteiger partial charge in [0.25, 0.3) is 0 Å². The van der Waals surface area contributed by atoms with Crippen molar-refractivity contribution in [3.63, 3.8) is 0 Å². The van der Waals surface area contributed by atoms with Gasteiger partial charge in [-0.3, -0.25) is 4.79 Å². The lowest BCUT2D eigenvalue weighted by Gasteiger charge is -2.55. The Hall–Kier alpha value is -2.37. The molecule has 2 atom stereocenters. The number of benzene rings is 2. The summed E-state index contributed by atoms with van der Waals surface area (Å²) in [5, 5.41) is 20.1. The van der Waals surface area contributed by atoms with E-state index < -0.39 is 17.6 Å². The molecule has 1 saturated heterocycles. The van der Waals surface area contributed by atoms with E-state index in [-0.39, 0.29) is 5.91 Å². The summed E-state index contributed by atoms with van der Waals surface area (Å²) in [6, 6.07) is 17.6. The van der Waals surface area contributed by atoms with E-state index >= 15 is 0 Å². The lowest BCUT2D eigenvalue weighted by atomic mass is 9.58. The molecule has 0 bridgehead atoms. The second-order valence-electron chi connectivity index (χ2n) is 7.94. The normalized spacial score (nSPS) is 23.3. The van der Waals surface area contributed by atoms with Crippen LogP contribution in [0.25, 0.3) is 0 Å². The molecular formula is C23H27NO4. The lowest BCUT2D eigenvalue weighted by Crippen LogP contribution is -2.61. The van der Waals surface area contributed by atoms with Crippen molar-refractivity contribution in [2.75, 3.05) is 13.1 Å². The number of hydrogen-bond donors (Lipinski definition) is 2. The molecule has 148 valence electrons. The van der Waals surface area contributed by atoms with Crippen LogP contribution in [0.4, 0.5) is 0 Å². The molecule has 28 heavy (non-hydrogen) atoms. The Labute approximate surface area is 165 Å². The van der Waals surface area contributed by atoms with E-state index in [2.05, 4.69) is 0 Å². The zero-order chi connectivity index (χ0) is 19.6. The van der Waals surface area contributed by atoms with Gasteiger partial charge < -0.3 is 19.8 Å². The molecule has 5 nitrogen and oxygen atoms in total. The minimum Gasteiger partial charge on any atom is -0.489 e. The molecule has 1 aliphatic heterocycles. The van der Waals surface area contributed by atoms with E-state index in [4.69, 9.17) is 4.74 Å². The molecule has 4 rings (SSSR count). The van der Waals surface area contributed by atoms with E-state index in [9.17, 15) is 15.0 Å². The molecule has 0 aromatic heterocycles. The first-order valence-corrected chi connectivity index (χ1v) is 9.97. The number of rotatable bonds is 5. The molecular weight excluding hydrogens is 354 g/mol. The Bertz CT molecular complexity index is 804. The van der Waals surface area contributed by atoms with Gasteiger partial charge in [-0.25, -0.2) is 0 Å². The maximum atomic E-state index is 12.8. The maximum absolute atomic E-state index is 12.8. The Kier molecular flexibility index (Phi) is 5.38. The van der Waals surface area contributed by atoms with Crippen LogP contribution in [-0.4, -0.2) is 46.3 Å². The van der Waals surface area contributed by atoms with Crippen LogP contribution in [0.15, 0.2) is 54.6 Å². The van der Waals surface area contributed by atoms with Crippen molar-refractivity contribution in [3.05, 3.63) is 65.7 Å². The molecule has 0 radical (unpaired) electrons. The van der Waals surface area contributed by atoms with Crippen LogP contribution in [-0.2, 0) is 17.8 Å². The van der Waals surface area contributed by atoms with E-state index in [1.807, 2.05) is 59.5 Å². The minimum atomic E-state index is -0.438. The fourth-order valence-corrected chi connectivity index (χ4v) is 4.38. The van der Waals surface area contributed by atoms with Crippen molar-refractivity contribution in [2.24, 2.45) is 5.41 Å². The Morgan fingerprint density at radius 1 is 1.00 bits per heavy atom. The predicted octanol–water partition coefficient (Wildman–Crippen LogP) is 2.54. The van der Waals surface area contributed by atoms with Gasteiger partial charge >= 0.3 is 0 Å². The average Bonchev–Trinajstić information content (AvgIpc) is 2.74. The van der Waals surface area contributed by atoms with Crippen LogP contribution in [0.3, 0.4) is 0 Å². The van der Waals surface area contributed by atoms with Crippen molar-refractivity contribution >= 4 is 5.91 Å². The molecule has 1 amide bonds. The van der Waals surface area contributed by atoms with Gasteiger partial charge in [-0.15, -0.1) is 0 Å². The topological polar surface area (TPSA) is 70.0 Å². The zero-order valence-corrected chi connectivity index (χ0v) is 16.0. The van der Waals surface area contributed by atoms with Crippen LogP contribution in [0.5, 0.6) is 5.75 Å². The van der Waals surface area contributed by atoms with Crippen LogP contribution < -0.4 is 4.74 Å². The standard InChI is InChI=1S/C23H27NO4/c25-20-15-21(26)23(20)10-12-24(13-11-23)22(27)14-18-8-4-5-9-19(18)28-16-17-6-2-1-3-7-17/h1-9,20-21,25-26H,10-16H2/t20-,21+. The van der Waals surface area contributed by atoms with E-state index in [1.165, 1.54) is 0 Å². The third-order valence-electron chi connectivity index (χ3n) is 6.37. The molecule has 2 aromatic rings. The summed E-state index contributed by atoms with van der Waals surface area (Å²) in [6.45, 7) is 1.63. The molecule has 2 fully saturated rings. The molecule has 2 aromatic carbocycles. The number of hydrogen-bond acceptors (Lipinski definition) is 4. The van der Waals surface area contributed by atoms with Crippen molar-refractivity contribution in [1.82, 2.24) is 4.90 Å². The van der Waals surface area contributed by atoms with Crippen LogP contribution in [0.2, 0.25) is 0 Å². The third-order valence-corrected chi connectivity index (χ3v) is 6.37. The van der Waals surface area contributed by atoms with Gasteiger partial charge in [0.05, 0.1) is 18.6 Å². The summed E-state index contributed by atoms with van der Waals surface area (Å²) in [4.78, 5) is 14.7. The van der Waals surface area contributed by atoms with Gasteiger partial charge in [-0.1, -0.05) is 48.5 Å². The molecule has 2 N–H and O–H groups in total. The first-order chi connectivity index (χ1) is 13.6. The number of aliphatic hydroxyl groups is 2. The predicted molar refractivity (Wildman–Crippen MR) is 106 cm³/mol. The molecule has 1 saturated carbocycles. The summed E-state index contributed by atoms with van der Waals surface area (Å²) in [5.41, 5.74) is 1.57. The SMILES string of the molecule is O=C(Cc1ccccc1OCc1ccccc1)N1CCC2(CC1)[C@H](O)C[C@@H]2O. The fraction of sp³-hybridized carbons (Fsp3) is 0.435. The summed E-state index contributed by atoms with van der Waals surface area (Å²) in [7, 11) is 0. The highest BCUT2D eigenvalue weighted by molar-refractivity contribution is 5.79. The van der Waals surface area contributed by atoms with E-state index in [1.54, 1.807) is 0 Å². The summed E-state index contributed by atoms with van der Waals surface area (Å²) < 4.78 is 5.96. The molecule has 0 unspecified atom stereocenters. The van der Waals surface area contributed by atoms with Crippen LogP contribution in [0, 0.1) is 5.41 Å². The van der Waals surface area contributed by atoms with Crippen molar-refractivity contribution in [3.8, 4) is 5.75 Å². The molecule has 1 heterocycles. The van der Waals surface area contributed by atoms with Crippen LogP contribution >= 0.6 is 0 Å². The Morgan fingerprint density at radius 3 is 2.32 bits per heavy atom.